The van der Waals surface area contributed by atoms with Gasteiger partial charge in [-0.25, -0.2) is 5.01 Å². The van der Waals surface area contributed by atoms with Crippen molar-refractivity contribution >= 4 is 11.6 Å². The van der Waals surface area contributed by atoms with Crippen LogP contribution < -0.4 is 18.9 Å². The Morgan fingerprint density at radius 3 is 2.17 bits per heavy atom. The van der Waals surface area contributed by atoms with Crippen LogP contribution in [0, 0.1) is 5.41 Å². The van der Waals surface area contributed by atoms with Gasteiger partial charge in [0.05, 0.1) is 46.3 Å². The van der Waals surface area contributed by atoms with Gasteiger partial charge in [-0.3, -0.25) is 4.79 Å². The molecule has 0 aliphatic carbocycles. The molecule has 2 aromatic rings. The van der Waals surface area contributed by atoms with Crippen LogP contribution in [0.15, 0.2) is 41.5 Å². The van der Waals surface area contributed by atoms with Crippen LogP contribution in [0.25, 0.3) is 0 Å². The second-order valence-corrected chi connectivity index (χ2v) is 7.33. The lowest BCUT2D eigenvalue weighted by Crippen LogP contribution is -2.31. The number of methoxy groups -OCH3 is 4. The van der Waals surface area contributed by atoms with Gasteiger partial charge in [-0.15, -0.1) is 0 Å². The molecular weight excluding hydrogens is 372 g/mol. The van der Waals surface area contributed by atoms with Crippen molar-refractivity contribution < 1.29 is 23.7 Å². The van der Waals surface area contributed by atoms with Crippen molar-refractivity contribution in [1.82, 2.24) is 5.01 Å². The standard InChI is InChI=1S/C22H26N2O5/c1-22(2)13-24(21(25)16-12-15(26-3)8-10-17(16)27-4)23-20(22)14-7-9-18(28-5)19(11-14)29-6/h7-12H,13H2,1-6H3. The van der Waals surface area contributed by atoms with E-state index in [9.17, 15) is 4.79 Å². The quantitative estimate of drug-likeness (QED) is 0.744. The Labute approximate surface area is 170 Å². The van der Waals surface area contributed by atoms with Crippen molar-refractivity contribution in [1.29, 1.82) is 0 Å². The van der Waals surface area contributed by atoms with Crippen LogP contribution in [0.1, 0.15) is 29.8 Å². The normalized spacial score (nSPS) is 15.0. The molecule has 7 nitrogen and oxygen atoms in total. The molecule has 154 valence electrons. The number of carbonyl (C=O) groups is 1. The summed E-state index contributed by atoms with van der Waals surface area (Å²) in [7, 11) is 6.28. The van der Waals surface area contributed by atoms with E-state index in [2.05, 4.69) is 18.9 Å². The van der Waals surface area contributed by atoms with Crippen LogP contribution in [-0.4, -0.2) is 51.6 Å². The van der Waals surface area contributed by atoms with Crippen molar-refractivity contribution in [3.63, 3.8) is 0 Å². The zero-order valence-corrected chi connectivity index (χ0v) is 17.6. The fraction of sp³-hybridized carbons (Fsp3) is 0.364. The first-order chi connectivity index (χ1) is 13.8. The number of hydrogen-bond acceptors (Lipinski definition) is 6. The number of hydrogen-bond donors (Lipinski definition) is 0. The van der Waals surface area contributed by atoms with E-state index in [4.69, 9.17) is 18.9 Å². The van der Waals surface area contributed by atoms with Gasteiger partial charge in [-0.2, -0.15) is 5.10 Å². The number of amides is 1. The molecule has 0 spiro atoms. The molecule has 29 heavy (non-hydrogen) atoms. The molecule has 0 saturated heterocycles. The summed E-state index contributed by atoms with van der Waals surface area (Å²) in [6, 6.07) is 10.8. The van der Waals surface area contributed by atoms with E-state index in [1.54, 1.807) is 39.5 Å². The molecule has 1 amide bonds. The Hall–Kier alpha value is -3.22. The first-order valence-corrected chi connectivity index (χ1v) is 9.20. The Morgan fingerprint density at radius 1 is 0.897 bits per heavy atom. The lowest BCUT2D eigenvalue weighted by atomic mass is 9.84. The summed E-state index contributed by atoms with van der Waals surface area (Å²) in [5.74, 6) is 2.06. The van der Waals surface area contributed by atoms with Gasteiger partial charge in [0.1, 0.15) is 11.5 Å². The summed E-state index contributed by atoms with van der Waals surface area (Å²) in [6.07, 6.45) is 0. The third-order valence-electron chi connectivity index (χ3n) is 4.94. The molecule has 0 bridgehead atoms. The minimum atomic E-state index is -0.346. The molecule has 0 unspecified atom stereocenters. The lowest BCUT2D eigenvalue weighted by Gasteiger charge is -2.21. The molecule has 1 aliphatic rings. The average molecular weight is 398 g/mol. The van der Waals surface area contributed by atoms with Crippen LogP contribution in [-0.2, 0) is 0 Å². The van der Waals surface area contributed by atoms with Gasteiger partial charge in [-0.05, 0) is 36.4 Å². The second kappa shape index (κ2) is 8.03. The van der Waals surface area contributed by atoms with E-state index in [0.717, 1.165) is 11.3 Å². The van der Waals surface area contributed by atoms with Gasteiger partial charge >= 0.3 is 0 Å². The minimum absolute atomic E-state index is 0.246. The highest BCUT2D eigenvalue weighted by atomic mass is 16.5. The molecule has 0 N–H and O–H groups in total. The van der Waals surface area contributed by atoms with Crippen LogP contribution in [0.4, 0.5) is 0 Å². The lowest BCUT2D eigenvalue weighted by molar-refractivity contribution is 0.0750. The van der Waals surface area contributed by atoms with E-state index in [-0.39, 0.29) is 11.3 Å². The maximum atomic E-state index is 13.2. The van der Waals surface area contributed by atoms with Crippen LogP contribution in [0.5, 0.6) is 23.0 Å². The Bertz CT molecular complexity index is 952. The van der Waals surface area contributed by atoms with Gasteiger partial charge in [0.15, 0.2) is 11.5 Å². The molecule has 1 aliphatic heterocycles. The van der Waals surface area contributed by atoms with Crippen LogP contribution >= 0.6 is 0 Å². The van der Waals surface area contributed by atoms with E-state index < -0.39 is 0 Å². The molecule has 0 saturated carbocycles. The van der Waals surface area contributed by atoms with E-state index in [1.165, 1.54) is 12.1 Å². The molecule has 1 heterocycles. The highest BCUT2D eigenvalue weighted by Gasteiger charge is 2.38. The predicted molar refractivity (Wildman–Crippen MR) is 110 cm³/mol. The molecule has 7 heteroatoms. The highest BCUT2D eigenvalue weighted by Crippen LogP contribution is 2.36. The van der Waals surface area contributed by atoms with Crippen molar-refractivity contribution in [3.8, 4) is 23.0 Å². The van der Waals surface area contributed by atoms with Gasteiger partial charge in [0.25, 0.3) is 5.91 Å². The Kier molecular flexibility index (Phi) is 5.68. The summed E-state index contributed by atoms with van der Waals surface area (Å²) in [4.78, 5) is 13.2. The first-order valence-electron chi connectivity index (χ1n) is 9.20. The predicted octanol–water partition coefficient (Wildman–Crippen LogP) is 3.61. The first kappa shape index (κ1) is 20.5. The number of ether oxygens (including phenoxy) is 4. The highest BCUT2D eigenvalue weighted by molar-refractivity contribution is 6.08. The maximum Gasteiger partial charge on any atom is 0.277 e. The van der Waals surface area contributed by atoms with E-state index in [0.29, 0.717) is 35.1 Å². The van der Waals surface area contributed by atoms with E-state index >= 15 is 0 Å². The topological polar surface area (TPSA) is 69.6 Å². The smallest absolute Gasteiger partial charge is 0.277 e. The summed E-state index contributed by atoms with van der Waals surface area (Å²) in [5.41, 5.74) is 1.73. The maximum absolute atomic E-state index is 13.2. The minimum Gasteiger partial charge on any atom is -0.497 e. The van der Waals surface area contributed by atoms with Gasteiger partial charge in [-0.1, -0.05) is 13.8 Å². The number of benzene rings is 2. The van der Waals surface area contributed by atoms with Crippen LogP contribution in [0.3, 0.4) is 0 Å². The fourth-order valence-electron chi connectivity index (χ4n) is 3.41. The van der Waals surface area contributed by atoms with Crippen molar-refractivity contribution in [3.05, 3.63) is 47.5 Å². The summed E-state index contributed by atoms with van der Waals surface area (Å²) < 4.78 is 21.3. The third kappa shape index (κ3) is 3.85. The summed E-state index contributed by atoms with van der Waals surface area (Å²) >= 11 is 0. The molecule has 3 rings (SSSR count). The average Bonchev–Trinajstić information content (AvgIpc) is 3.07. The van der Waals surface area contributed by atoms with Crippen molar-refractivity contribution in [2.24, 2.45) is 10.5 Å². The molecule has 0 radical (unpaired) electrons. The molecule has 0 atom stereocenters. The zero-order chi connectivity index (χ0) is 21.2. The van der Waals surface area contributed by atoms with Gasteiger partial charge in [0, 0.05) is 11.0 Å². The number of carbonyl (C=O) groups excluding carboxylic acids is 1. The largest absolute Gasteiger partial charge is 0.497 e. The van der Waals surface area contributed by atoms with E-state index in [1.807, 2.05) is 18.2 Å². The number of hydrazone groups is 1. The zero-order valence-electron chi connectivity index (χ0n) is 17.6. The SMILES string of the molecule is COc1ccc(OC)c(C(=O)N2CC(C)(C)C(c3ccc(OC)c(OC)c3)=N2)c1. The number of nitrogens with zero attached hydrogens (tertiary/aromatic N) is 2. The Balaban J connectivity index is 2.00. The molecule has 2 aromatic carbocycles. The van der Waals surface area contributed by atoms with Gasteiger partial charge < -0.3 is 18.9 Å². The number of rotatable bonds is 6. The molecular formula is C22H26N2O5. The monoisotopic (exact) mass is 398 g/mol. The third-order valence-corrected chi connectivity index (χ3v) is 4.94. The molecule has 0 fully saturated rings. The molecule has 0 aromatic heterocycles. The Morgan fingerprint density at radius 2 is 1.55 bits per heavy atom. The van der Waals surface area contributed by atoms with Crippen molar-refractivity contribution in [2.45, 2.75) is 13.8 Å². The summed E-state index contributed by atoms with van der Waals surface area (Å²) in [5, 5.41) is 6.13. The van der Waals surface area contributed by atoms with Gasteiger partial charge in [0.2, 0.25) is 0 Å². The second-order valence-electron chi connectivity index (χ2n) is 7.33. The summed E-state index contributed by atoms with van der Waals surface area (Å²) in [6.45, 7) is 4.55. The fourth-order valence-corrected chi connectivity index (χ4v) is 3.41. The van der Waals surface area contributed by atoms with Crippen LogP contribution in [0.2, 0.25) is 0 Å². The van der Waals surface area contributed by atoms with Crippen molar-refractivity contribution in [2.75, 3.05) is 35.0 Å².